The summed E-state index contributed by atoms with van der Waals surface area (Å²) in [4.78, 5) is 11.3. The van der Waals surface area contributed by atoms with Crippen molar-refractivity contribution >= 4 is 6.41 Å². The van der Waals surface area contributed by atoms with E-state index in [-0.39, 0.29) is 0 Å². The molecule has 0 spiro atoms. The molecule has 0 saturated carbocycles. The molecule has 0 aliphatic rings. The summed E-state index contributed by atoms with van der Waals surface area (Å²) in [6, 6.07) is 0. The Morgan fingerprint density at radius 2 is 1.36 bits per heavy atom. The van der Waals surface area contributed by atoms with Gasteiger partial charge in [0.25, 0.3) is 0 Å². The van der Waals surface area contributed by atoms with E-state index in [1.165, 1.54) is 27.7 Å². The Balaban J connectivity index is 4.56. The van der Waals surface area contributed by atoms with E-state index in [1.807, 2.05) is 0 Å². The van der Waals surface area contributed by atoms with Crippen LogP contribution in [0.15, 0.2) is 0 Å². The predicted octanol–water partition coefficient (Wildman–Crippen LogP) is -0.0984. The van der Waals surface area contributed by atoms with Gasteiger partial charge in [0.1, 0.15) is 11.4 Å². The Morgan fingerprint density at radius 1 is 1.09 bits per heavy atom. The maximum absolute atomic E-state index is 10.4. The quantitative estimate of drug-likeness (QED) is 0.449. The summed E-state index contributed by atoms with van der Waals surface area (Å²) in [7, 11) is 0. The van der Waals surface area contributed by atoms with Crippen LogP contribution in [0.4, 0.5) is 0 Å². The highest BCUT2D eigenvalue weighted by molar-refractivity contribution is 5.49. The number of nitrogens with zero attached hydrogens (tertiary/aromatic N) is 1. The van der Waals surface area contributed by atoms with E-state index < -0.39 is 11.4 Å². The Hall–Kier alpha value is -0.610. The van der Waals surface area contributed by atoms with Gasteiger partial charge in [-0.3, -0.25) is 9.69 Å². The van der Waals surface area contributed by atoms with Crippen LogP contribution in [-0.4, -0.2) is 33.0 Å². The summed E-state index contributed by atoms with van der Waals surface area (Å²) < 4.78 is 0. The topological polar surface area (TPSA) is 60.8 Å². The number of aliphatic hydroxyl groups is 2. The summed E-state index contributed by atoms with van der Waals surface area (Å²) in [5, 5.41) is 18.7. The molecule has 2 N–H and O–H groups in total. The molecule has 66 valence electrons. The van der Waals surface area contributed by atoms with Gasteiger partial charge in [0.2, 0.25) is 6.41 Å². The van der Waals surface area contributed by atoms with Crippen molar-refractivity contribution in [2.75, 3.05) is 0 Å². The van der Waals surface area contributed by atoms with Gasteiger partial charge < -0.3 is 10.2 Å². The highest BCUT2D eigenvalue weighted by atomic mass is 16.4. The molecule has 0 atom stereocenters. The van der Waals surface area contributed by atoms with Gasteiger partial charge in [-0.2, -0.15) is 0 Å². The van der Waals surface area contributed by atoms with Gasteiger partial charge in [-0.1, -0.05) is 0 Å². The van der Waals surface area contributed by atoms with E-state index in [9.17, 15) is 15.0 Å². The third-order valence-corrected chi connectivity index (χ3v) is 1.28. The van der Waals surface area contributed by atoms with Crippen molar-refractivity contribution in [3.05, 3.63) is 0 Å². The Kier molecular flexibility index (Phi) is 2.64. The molecule has 1 amide bonds. The molecule has 0 aliphatic carbocycles. The van der Waals surface area contributed by atoms with Crippen molar-refractivity contribution < 1.29 is 15.0 Å². The van der Waals surface area contributed by atoms with Gasteiger partial charge in [-0.05, 0) is 27.7 Å². The fraction of sp³-hybridized carbons (Fsp3) is 0.857. The largest absolute Gasteiger partial charge is 0.371 e. The van der Waals surface area contributed by atoms with E-state index in [2.05, 4.69) is 0 Å². The average molecular weight is 161 g/mol. The molecule has 0 aromatic carbocycles. The van der Waals surface area contributed by atoms with Crippen LogP contribution < -0.4 is 0 Å². The average Bonchev–Trinajstić information content (AvgIpc) is 1.56. The van der Waals surface area contributed by atoms with E-state index in [1.54, 1.807) is 0 Å². The Morgan fingerprint density at radius 3 is 1.36 bits per heavy atom. The molecule has 11 heavy (non-hydrogen) atoms. The van der Waals surface area contributed by atoms with Crippen LogP contribution in [0.3, 0.4) is 0 Å². The first kappa shape index (κ1) is 10.4. The number of amides is 1. The van der Waals surface area contributed by atoms with Crippen LogP contribution >= 0.6 is 0 Å². The smallest absolute Gasteiger partial charge is 0.214 e. The highest BCUT2D eigenvalue weighted by Gasteiger charge is 2.33. The second kappa shape index (κ2) is 2.79. The van der Waals surface area contributed by atoms with Gasteiger partial charge in [0, 0.05) is 0 Å². The van der Waals surface area contributed by atoms with Crippen LogP contribution in [0, 0.1) is 0 Å². The van der Waals surface area contributed by atoms with E-state index in [0.29, 0.717) is 6.41 Å². The van der Waals surface area contributed by atoms with E-state index in [4.69, 9.17) is 0 Å². The van der Waals surface area contributed by atoms with Gasteiger partial charge in [0.05, 0.1) is 0 Å². The number of hydrogen-bond acceptors (Lipinski definition) is 3. The molecule has 0 aromatic heterocycles. The van der Waals surface area contributed by atoms with Gasteiger partial charge >= 0.3 is 0 Å². The monoisotopic (exact) mass is 161 g/mol. The lowest BCUT2D eigenvalue weighted by Gasteiger charge is -2.39. The molecule has 0 saturated heterocycles. The molecular weight excluding hydrogens is 146 g/mol. The molecule has 0 unspecified atom stereocenters. The van der Waals surface area contributed by atoms with Crippen molar-refractivity contribution in [3.63, 3.8) is 0 Å². The fourth-order valence-electron chi connectivity index (χ4n) is 0.928. The predicted molar refractivity (Wildman–Crippen MR) is 40.5 cm³/mol. The van der Waals surface area contributed by atoms with Crippen LogP contribution in [0.2, 0.25) is 0 Å². The van der Waals surface area contributed by atoms with Crippen LogP contribution in [0.1, 0.15) is 27.7 Å². The minimum atomic E-state index is -1.33. The Bertz CT molecular complexity index is 129. The van der Waals surface area contributed by atoms with Gasteiger partial charge in [-0.25, -0.2) is 0 Å². The van der Waals surface area contributed by atoms with Crippen molar-refractivity contribution in [3.8, 4) is 0 Å². The first-order chi connectivity index (χ1) is 4.69. The molecule has 0 fully saturated rings. The number of rotatable bonds is 3. The molecule has 0 heterocycles. The maximum Gasteiger partial charge on any atom is 0.214 e. The third-order valence-electron chi connectivity index (χ3n) is 1.28. The number of carbonyl (C=O) groups is 1. The lowest BCUT2D eigenvalue weighted by molar-refractivity contribution is -0.194. The summed E-state index contributed by atoms with van der Waals surface area (Å²) in [5.41, 5.74) is -2.67. The minimum Gasteiger partial charge on any atom is -0.371 e. The number of carbonyl (C=O) groups excluding carboxylic acids is 1. The second-order valence-electron chi connectivity index (χ2n) is 3.46. The zero-order valence-electron chi connectivity index (χ0n) is 7.33. The lowest BCUT2D eigenvalue weighted by Crippen LogP contribution is -2.54. The number of hydrogen-bond donors (Lipinski definition) is 2. The lowest BCUT2D eigenvalue weighted by atomic mass is 10.2. The standard InChI is InChI=1S/C7H15NO3/c1-6(2,10)8(5-9)7(3,4)11/h5,10-11H,1-4H3. The molecule has 0 bridgehead atoms. The first-order valence-electron chi connectivity index (χ1n) is 3.39. The van der Waals surface area contributed by atoms with Crippen molar-refractivity contribution in [2.45, 2.75) is 39.1 Å². The van der Waals surface area contributed by atoms with E-state index >= 15 is 0 Å². The second-order valence-corrected chi connectivity index (χ2v) is 3.46. The summed E-state index contributed by atoms with van der Waals surface area (Å²) >= 11 is 0. The molecule has 0 radical (unpaired) electrons. The van der Waals surface area contributed by atoms with Crippen molar-refractivity contribution in [2.24, 2.45) is 0 Å². The maximum atomic E-state index is 10.4. The van der Waals surface area contributed by atoms with Crippen LogP contribution in [-0.2, 0) is 4.79 Å². The van der Waals surface area contributed by atoms with Crippen LogP contribution in [0.5, 0.6) is 0 Å². The first-order valence-corrected chi connectivity index (χ1v) is 3.39. The summed E-state index contributed by atoms with van der Waals surface area (Å²) in [5.74, 6) is 0. The summed E-state index contributed by atoms with van der Waals surface area (Å²) in [6.07, 6.45) is 0.417. The van der Waals surface area contributed by atoms with E-state index in [0.717, 1.165) is 4.90 Å². The SMILES string of the molecule is CC(C)(O)N(C=O)C(C)(C)O. The van der Waals surface area contributed by atoms with Gasteiger partial charge in [-0.15, -0.1) is 0 Å². The highest BCUT2D eigenvalue weighted by Crippen LogP contribution is 2.18. The zero-order chi connectivity index (χ0) is 9.28. The molecule has 0 aromatic rings. The van der Waals surface area contributed by atoms with Crippen molar-refractivity contribution in [1.29, 1.82) is 0 Å². The zero-order valence-corrected chi connectivity index (χ0v) is 7.33. The molecule has 0 aliphatic heterocycles. The van der Waals surface area contributed by atoms with Crippen LogP contribution in [0.25, 0.3) is 0 Å². The molecular formula is C7H15NO3. The molecule has 4 heteroatoms. The minimum absolute atomic E-state index is 0.417. The normalized spacial score (nSPS) is 12.9. The van der Waals surface area contributed by atoms with Crippen molar-refractivity contribution in [1.82, 2.24) is 4.90 Å². The molecule has 4 nitrogen and oxygen atoms in total. The third kappa shape index (κ3) is 2.86. The fourth-order valence-corrected chi connectivity index (χ4v) is 0.928. The van der Waals surface area contributed by atoms with Gasteiger partial charge in [0.15, 0.2) is 0 Å². The Labute approximate surface area is 66.4 Å². The summed E-state index contributed by atoms with van der Waals surface area (Å²) in [6.45, 7) is 5.72. The molecule has 0 rings (SSSR count).